The van der Waals surface area contributed by atoms with Gasteiger partial charge in [0.1, 0.15) is 6.04 Å². The Hall–Kier alpha value is -2.27. The van der Waals surface area contributed by atoms with Crippen molar-refractivity contribution < 1.29 is 9.59 Å². The molecule has 1 heterocycles. The summed E-state index contributed by atoms with van der Waals surface area (Å²) in [6, 6.07) is 13.1. The molecule has 3 rings (SSSR count). The molecule has 1 unspecified atom stereocenters. The van der Waals surface area contributed by atoms with Crippen molar-refractivity contribution in [2.75, 3.05) is 16.5 Å². The highest BCUT2D eigenvalue weighted by molar-refractivity contribution is 7.98. The molecule has 1 aliphatic rings. The summed E-state index contributed by atoms with van der Waals surface area (Å²) in [7, 11) is 0. The topological polar surface area (TPSA) is 49.4 Å². The molecule has 4 nitrogen and oxygen atoms in total. The zero-order valence-electron chi connectivity index (χ0n) is 14.0. The maximum absolute atomic E-state index is 12.7. The minimum Gasteiger partial charge on any atom is -0.373 e. The van der Waals surface area contributed by atoms with Crippen LogP contribution in [0.2, 0.25) is 0 Å². The van der Waals surface area contributed by atoms with Crippen LogP contribution in [0, 0.1) is 13.8 Å². The molecule has 2 aromatic rings. The number of thioether (sulfide) groups is 1. The molecule has 2 aromatic carbocycles. The van der Waals surface area contributed by atoms with E-state index in [1.54, 1.807) is 11.8 Å². The normalized spacial score (nSPS) is 17.5. The van der Waals surface area contributed by atoms with E-state index in [1.807, 2.05) is 62.6 Å². The van der Waals surface area contributed by atoms with Crippen molar-refractivity contribution in [1.82, 2.24) is 0 Å². The average Bonchev–Trinajstić information content (AvgIpc) is 2.82. The van der Waals surface area contributed by atoms with Gasteiger partial charge in [0.2, 0.25) is 5.91 Å². The molecule has 5 heteroatoms. The smallest absolute Gasteiger partial charge is 0.256 e. The third-order valence-corrected chi connectivity index (χ3v) is 4.88. The Labute approximate surface area is 146 Å². The lowest BCUT2D eigenvalue weighted by Gasteiger charge is -2.18. The van der Waals surface area contributed by atoms with Gasteiger partial charge in [0, 0.05) is 10.6 Å². The van der Waals surface area contributed by atoms with Gasteiger partial charge in [0.15, 0.2) is 0 Å². The Kier molecular flexibility index (Phi) is 4.62. The molecule has 1 atom stereocenters. The summed E-state index contributed by atoms with van der Waals surface area (Å²) in [6.07, 6.45) is 2.18. The van der Waals surface area contributed by atoms with Crippen molar-refractivity contribution in [3.8, 4) is 0 Å². The molecule has 124 valence electrons. The zero-order chi connectivity index (χ0) is 17.3. The second-order valence-corrected chi connectivity index (χ2v) is 6.87. The minimum atomic E-state index is -0.518. The van der Waals surface area contributed by atoms with Gasteiger partial charge in [0.25, 0.3) is 5.91 Å². The van der Waals surface area contributed by atoms with Gasteiger partial charge in [-0.05, 0) is 49.9 Å². The number of benzene rings is 2. The van der Waals surface area contributed by atoms with Gasteiger partial charge in [0.05, 0.1) is 12.1 Å². The van der Waals surface area contributed by atoms with Crippen molar-refractivity contribution in [3.63, 3.8) is 0 Å². The second kappa shape index (κ2) is 6.69. The number of nitrogens with one attached hydrogen (secondary N) is 1. The fourth-order valence-electron chi connectivity index (χ4n) is 2.97. The first kappa shape index (κ1) is 16.6. The van der Waals surface area contributed by atoms with E-state index in [4.69, 9.17) is 0 Å². The number of imide groups is 1. The van der Waals surface area contributed by atoms with E-state index in [-0.39, 0.29) is 18.2 Å². The molecule has 1 aliphatic heterocycles. The number of aryl methyl sites for hydroxylation is 2. The SMILES string of the molecule is CSc1cccc(NC2CC(=O)N(c3ccc(C)cc3C)C2=O)c1. The Morgan fingerprint density at radius 2 is 1.92 bits per heavy atom. The highest BCUT2D eigenvalue weighted by atomic mass is 32.2. The van der Waals surface area contributed by atoms with Crippen LogP contribution in [0.15, 0.2) is 47.4 Å². The highest BCUT2D eigenvalue weighted by Gasteiger charge is 2.40. The molecule has 0 aromatic heterocycles. The van der Waals surface area contributed by atoms with Gasteiger partial charge >= 0.3 is 0 Å². The van der Waals surface area contributed by atoms with Gasteiger partial charge < -0.3 is 5.32 Å². The van der Waals surface area contributed by atoms with Gasteiger partial charge in [-0.2, -0.15) is 0 Å². The predicted octanol–water partition coefficient (Wildman–Crippen LogP) is 3.77. The maximum atomic E-state index is 12.7. The first-order valence-corrected chi connectivity index (χ1v) is 9.06. The molecule has 1 saturated heterocycles. The molecule has 0 bridgehead atoms. The van der Waals surface area contributed by atoms with Crippen LogP contribution in [0.25, 0.3) is 0 Å². The fourth-order valence-corrected chi connectivity index (χ4v) is 3.43. The molecule has 0 saturated carbocycles. The summed E-state index contributed by atoms with van der Waals surface area (Å²) >= 11 is 1.64. The van der Waals surface area contributed by atoms with E-state index in [0.717, 1.165) is 21.7 Å². The van der Waals surface area contributed by atoms with E-state index in [0.29, 0.717) is 5.69 Å². The van der Waals surface area contributed by atoms with Crippen LogP contribution in [0.4, 0.5) is 11.4 Å². The van der Waals surface area contributed by atoms with Crippen molar-refractivity contribution in [3.05, 3.63) is 53.6 Å². The Balaban J connectivity index is 1.83. The van der Waals surface area contributed by atoms with Crippen LogP contribution < -0.4 is 10.2 Å². The lowest BCUT2D eigenvalue weighted by molar-refractivity contribution is -0.121. The summed E-state index contributed by atoms with van der Waals surface area (Å²) in [5, 5.41) is 3.20. The van der Waals surface area contributed by atoms with Crippen molar-refractivity contribution in [2.24, 2.45) is 0 Å². The molecule has 0 radical (unpaired) electrons. The number of rotatable bonds is 4. The molecule has 1 fully saturated rings. The van der Waals surface area contributed by atoms with Gasteiger partial charge in [-0.15, -0.1) is 11.8 Å². The van der Waals surface area contributed by atoms with Crippen LogP contribution in [0.1, 0.15) is 17.5 Å². The van der Waals surface area contributed by atoms with Crippen molar-refractivity contribution in [2.45, 2.75) is 31.2 Å². The molecule has 1 N–H and O–H groups in total. The second-order valence-electron chi connectivity index (χ2n) is 5.99. The largest absolute Gasteiger partial charge is 0.373 e. The number of carbonyl (C=O) groups is 2. The molecule has 0 aliphatic carbocycles. The maximum Gasteiger partial charge on any atom is 0.256 e. The Bertz CT molecular complexity index is 804. The lowest BCUT2D eigenvalue weighted by atomic mass is 10.1. The van der Waals surface area contributed by atoms with Gasteiger partial charge in [-0.1, -0.05) is 23.8 Å². The summed E-state index contributed by atoms with van der Waals surface area (Å²) in [4.78, 5) is 27.6. The molecular formula is C19H20N2O2S. The number of hydrogen-bond donors (Lipinski definition) is 1. The molecule has 0 spiro atoms. The first-order valence-electron chi connectivity index (χ1n) is 7.84. The summed E-state index contributed by atoms with van der Waals surface area (Å²) in [5.74, 6) is -0.355. The van der Waals surface area contributed by atoms with Gasteiger partial charge in [-0.25, -0.2) is 4.90 Å². The van der Waals surface area contributed by atoms with Crippen LogP contribution in [0.5, 0.6) is 0 Å². The number of anilines is 2. The van der Waals surface area contributed by atoms with E-state index < -0.39 is 6.04 Å². The summed E-state index contributed by atoms with van der Waals surface area (Å²) < 4.78 is 0. The van der Waals surface area contributed by atoms with Crippen LogP contribution in [-0.2, 0) is 9.59 Å². The predicted molar refractivity (Wildman–Crippen MR) is 98.7 cm³/mol. The number of hydrogen-bond acceptors (Lipinski definition) is 4. The minimum absolute atomic E-state index is 0.162. The Morgan fingerprint density at radius 3 is 2.62 bits per heavy atom. The average molecular weight is 340 g/mol. The number of amides is 2. The standard InChI is InChI=1S/C19H20N2O2S/c1-12-7-8-17(13(2)9-12)21-18(22)11-16(19(21)23)20-14-5-4-6-15(10-14)24-3/h4-10,16,20H,11H2,1-3H3. The van der Waals surface area contributed by atoms with Crippen molar-refractivity contribution in [1.29, 1.82) is 0 Å². The fraction of sp³-hybridized carbons (Fsp3) is 0.263. The first-order chi connectivity index (χ1) is 11.5. The van der Waals surface area contributed by atoms with Crippen LogP contribution >= 0.6 is 11.8 Å². The van der Waals surface area contributed by atoms with Crippen LogP contribution in [0.3, 0.4) is 0 Å². The molecular weight excluding hydrogens is 320 g/mol. The summed E-state index contributed by atoms with van der Waals surface area (Å²) in [5.41, 5.74) is 3.58. The van der Waals surface area contributed by atoms with Crippen LogP contribution in [-0.4, -0.2) is 24.1 Å². The third-order valence-electron chi connectivity index (χ3n) is 4.15. The Morgan fingerprint density at radius 1 is 1.12 bits per heavy atom. The number of carbonyl (C=O) groups excluding carboxylic acids is 2. The van der Waals surface area contributed by atoms with E-state index >= 15 is 0 Å². The third kappa shape index (κ3) is 3.17. The zero-order valence-corrected chi connectivity index (χ0v) is 14.8. The quantitative estimate of drug-likeness (QED) is 0.680. The van der Waals surface area contributed by atoms with E-state index in [2.05, 4.69) is 5.32 Å². The lowest BCUT2D eigenvalue weighted by Crippen LogP contribution is -2.35. The monoisotopic (exact) mass is 340 g/mol. The molecule has 2 amide bonds. The van der Waals surface area contributed by atoms with E-state index in [9.17, 15) is 9.59 Å². The molecule has 24 heavy (non-hydrogen) atoms. The van der Waals surface area contributed by atoms with Gasteiger partial charge in [-0.3, -0.25) is 9.59 Å². The highest BCUT2D eigenvalue weighted by Crippen LogP contribution is 2.29. The van der Waals surface area contributed by atoms with Crippen molar-refractivity contribution >= 4 is 35.0 Å². The summed E-state index contributed by atoms with van der Waals surface area (Å²) in [6.45, 7) is 3.92. The number of nitrogens with zero attached hydrogens (tertiary/aromatic N) is 1. The van der Waals surface area contributed by atoms with E-state index in [1.165, 1.54) is 4.90 Å².